The quantitative estimate of drug-likeness (QED) is 0.229. The number of aliphatic hydroxyl groups is 1. The molecule has 3 nitrogen and oxygen atoms in total. The van der Waals surface area contributed by atoms with E-state index in [0.717, 1.165) is 32.1 Å². The molecule has 0 amide bonds. The number of aliphatic hydroxyl groups excluding tert-OH is 1. The second-order valence-electron chi connectivity index (χ2n) is 14.1. The molecule has 33 heavy (non-hydrogen) atoms. The highest BCUT2D eigenvalue weighted by atomic mass is 28.4. The first-order chi connectivity index (χ1) is 14.8. The van der Waals surface area contributed by atoms with Gasteiger partial charge in [-0.05, 0) is 92.5 Å². The number of hydrogen-bond donors (Lipinski definition) is 1. The fraction of sp³-hybridized carbons (Fsp3) is 0.929. The molecule has 1 rings (SSSR count). The molecular formula is C28H58O3Si2. The zero-order valence-corrected chi connectivity index (χ0v) is 26.3. The maximum Gasteiger partial charge on any atom is 0.192 e. The summed E-state index contributed by atoms with van der Waals surface area (Å²) >= 11 is 0. The van der Waals surface area contributed by atoms with Crippen molar-refractivity contribution in [2.45, 2.75) is 148 Å². The summed E-state index contributed by atoms with van der Waals surface area (Å²) in [5.74, 6) is 1.39. The van der Waals surface area contributed by atoms with Crippen LogP contribution in [0.4, 0.5) is 0 Å². The normalized spacial score (nSPS) is 26.0. The van der Waals surface area contributed by atoms with Crippen molar-refractivity contribution in [2.24, 2.45) is 17.8 Å². The highest BCUT2D eigenvalue weighted by Gasteiger charge is 2.46. The van der Waals surface area contributed by atoms with E-state index in [1.165, 1.54) is 6.42 Å². The number of rotatable bonds is 11. The van der Waals surface area contributed by atoms with Gasteiger partial charge in [0.15, 0.2) is 16.6 Å². The number of allylic oxidation sites excluding steroid dienone is 1. The molecule has 0 radical (unpaired) electrons. The van der Waals surface area contributed by atoms with E-state index in [-0.39, 0.29) is 28.4 Å². The first-order valence-corrected chi connectivity index (χ1v) is 19.3. The minimum Gasteiger partial charge on any atom is -0.411 e. The summed E-state index contributed by atoms with van der Waals surface area (Å²) in [6.45, 7) is 31.7. The third-order valence-electron chi connectivity index (χ3n) is 9.03. The summed E-state index contributed by atoms with van der Waals surface area (Å²) in [5, 5.41) is 11.2. The Labute approximate surface area is 209 Å². The lowest BCUT2D eigenvalue weighted by atomic mass is 9.79. The Hall–Kier alpha value is 0.0538. The van der Waals surface area contributed by atoms with Crippen LogP contribution in [0.15, 0.2) is 12.7 Å². The largest absolute Gasteiger partial charge is 0.411 e. The van der Waals surface area contributed by atoms with Gasteiger partial charge in [0, 0.05) is 0 Å². The molecule has 0 aliphatic heterocycles. The van der Waals surface area contributed by atoms with Gasteiger partial charge < -0.3 is 14.0 Å². The highest BCUT2D eigenvalue weighted by molar-refractivity contribution is 6.74. The fourth-order valence-electron chi connectivity index (χ4n) is 4.29. The van der Waals surface area contributed by atoms with E-state index in [1.54, 1.807) is 0 Å². The third kappa shape index (κ3) is 9.21. The SMILES string of the molecule is C=C[C@@H](C)CC[C@H](O)[C@H](C)C[C@@H]1CC[C@@H](O[Si](C)(C)C(C)(C)C)[C@H](O[Si](C)(C)C(C)(C)C)C1. The predicted octanol–water partition coefficient (Wildman–Crippen LogP) is 8.56. The summed E-state index contributed by atoms with van der Waals surface area (Å²) in [6, 6.07) is 0. The van der Waals surface area contributed by atoms with Crippen LogP contribution in [0, 0.1) is 17.8 Å². The average molecular weight is 499 g/mol. The number of hydrogen-bond acceptors (Lipinski definition) is 3. The van der Waals surface area contributed by atoms with Gasteiger partial charge in [-0.15, -0.1) is 6.58 Å². The molecule has 6 atom stereocenters. The van der Waals surface area contributed by atoms with Crippen LogP contribution in [0.3, 0.4) is 0 Å². The second-order valence-corrected chi connectivity index (χ2v) is 23.6. The molecule has 0 unspecified atom stereocenters. The van der Waals surface area contributed by atoms with Gasteiger partial charge in [-0.3, -0.25) is 0 Å². The Morgan fingerprint density at radius 2 is 1.36 bits per heavy atom. The van der Waals surface area contributed by atoms with Gasteiger partial charge in [-0.1, -0.05) is 61.5 Å². The van der Waals surface area contributed by atoms with Crippen LogP contribution in [0.1, 0.15) is 93.9 Å². The van der Waals surface area contributed by atoms with E-state index < -0.39 is 16.6 Å². The van der Waals surface area contributed by atoms with Crippen LogP contribution in [0.2, 0.25) is 36.3 Å². The van der Waals surface area contributed by atoms with Crippen molar-refractivity contribution >= 4 is 16.6 Å². The summed E-state index contributed by atoms with van der Waals surface area (Å²) in [7, 11) is -3.76. The molecule has 0 spiro atoms. The minimum atomic E-state index is -1.90. The predicted molar refractivity (Wildman–Crippen MR) is 150 cm³/mol. The molecule has 1 fully saturated rings. The summed E-state index contributed by atoms with van der Waals surface area (Å²) in [5.41, 5.74) is 0. The van der Waals surface area contributed by atoms with E-state index in [9.17, 15) is 5.11 Å². The summed E-state index contributed by atoms with van der Waals surface area (Å²) in [6.07, 6.45) is 8.40. The van der Waals surface area contributed by atoms with Crippen LogP contribution in [-0.2, 0) is 8.85 Å². The molecule has 0 aromatic carbocycles. The topological polar surface area (TPSA) is 38.7 Å². The van der Waals surface area contributed by atoms with Crippen molar-refractivity contribution in [3.63, 3.8) is 0 Å². The molecule has 0 bridgehead atoms. The summed E-state index contributed by atoms with van der Waals surface area (Å²) in [4.78, 5) is 0. The Balaban J connectivity index is 2.94. The van der Waals surface area contributed by atoms with Gasteiger partial charge in [0.05, 0.1) is 18.3 Å². The fourth-order valence-corrected chi connectivity index (χ4v) is 7.02. The lowest BCUT2D eigenvalue weighted by molar-refractivity contribution is -0.0182. The van der Waals surface area contributed by atoms with E-state index in [0.29, 0.717) is 17.8 Å². The Morgan fingerprint density at radius 1 is 0.879 bits per heavy atom. The Bertz CT molecular complexity index is 603. The zero-order chi connectivity index (χ0) is 25.8. The molecule has 1 saturated carbocycles. The molecule has 1 N–H and O–H groups in total. The summed E-state index contributed by atoms with van der Waals surface area (Å²) < 4.78 is 14.0. The Kier molecular flexibility index (Phi) is 11.2. The van der Waals surface area contributed by atoms with Crippen LogP contribution in [-0.4, -0.2) is 40.1 Å². The lowest BCUT2D eigenvalue weighted by Gasteiger charge is -2.48. The average Bonchev–Trinajstić information content (AvgIpc) is 2.65. The molecule has 5 heteroatoms. The second kappa shape index (κ2) is 11.9. The van der Waals surface area contributed by atoms with Crippen molar-refractivity contribution < 1.29 is 14.0 Å². The van der Waals surface area contributed by atoms with Gasteiger partial charge in [-0.25, -0.2) is 0 Å². The Morgan fingerprint density at radius 3 is 1.82 bits per heavy atom. The lowest BCUT2D eigenvalue weighted by Crippen LogP contribution is -2.53. The highest BCUT2D eigenvalue weighted by Crippen LogP contribution is 2.44. The molecule has 0 aromatic rings. The smallest absolute Gasteiger partial charge is 0.192 e. The van der Waals surface area contributed by atoms with Crippen molar-refractivity contribution in [3.05, 3.63) is 12.7 Å². The maximum atomic E-state index is 10.8. The molecular weight excluding hydrogens is 440 g/mol. The van der Waals surface area contributed by atoms with E-state index in [4.69, 9.17) is 8.85 Å². The molecule has 0 saturated heterocycles. The minimum absolute atomic E-state index is 0.170. The standard InChI is InChI=1S/C28H58O3Si2/c1-14-21(2)15-17-24(29)22(3)19-23-16-18-25(30-32(10,11)27(4,5)6)26(20-23)31-33(12,13)28(7,8)9/h14,21-26,29H,1,15-20H2,2-13H3/t21-,22-,23+,24+,25-,26-/m1/s1. The molecule has 0 heterocycles. The molecule has 1 aliphatic carbocycles. The van der Waals surface area contributed by atoms with Crippen molar-refractivity contribution in [1.29, 1.82) is 0 Å². The van der Waals surface area contributed by atoms with Crippen LogP contribution < -0.4 is 0 Å². The van der Waals surface area contributed by atoms with Gasteiger partial charge in [0.1, 0.15) is 0 Å². The first kappa shape index (κ1) is 31.1. The monoisotopic (exact) mass is 498 g/mol. The molecule has 1 aliphatic rings. The van der Waals surface area contributed by atoms with Crippen LogP contribution >= 0.6 is 0 Å². The van der Waals surface area contributed by atoms with E-state index in [1.807, 2.05) is 6.08 Å². The van der Waals surface area contributed by atoms with Crippen LogP contribution in [0.5, 0.6) is 0 Å². The van der Waals surface area contributed by atoms with Crippen molar-refractivity contribution in [3.8, 4) is 0 Å². The van der Waals surface area contributed by atoms with Gasteiger partial charge >= 0.3 is 0 Å². The van der Waals surface area contributed by atoms with Crippen LogP contribution in [0.25, 0.3) is 0 Å². The van der Waals surface area contributed by atoms with Crippen molar-refractivity contribution in [1.82, 2.24) is 0 Å². The van der Waals surface area contributed by atoms with E-state index in [2.05, 4.69) is 88.2 Å². The van der Waals surface area contributed by atoms with Gasteiger partial charge in [0.25, 0.3) is 0 Å². The van der Waals surface area contributed by atoms with Gasteiger partial charge in [-0.2, -0.15) is 0 Å². The molecule has 196 valence electrons. The maximum absolute atomic E-state index is 10.8. The molecule has 0 aromatic heterocycles. The van der Waals surface area contributed by atoms with E-state index >= 15 is 0 Å². The van der Waals surface area contributed by atoms with Crippen molar-refractivity contribution in [2.75, 3.05) is 0 Å². The third-order valence-corrected chi connectivity index (χ3v) is 18.0. The first-order valence-electron chi connectivity index (χ1n) is 13.5. The van der Waals surface area contributed by atoms with Gasteiger partial charge in [0.2, 0.25) is 0 Å². The zero-order valence-electron chi connectivity index (χ0n) is 24.3.